The summed E-state index contributed by atoms with van der Waals surface area (Å²) in [5.41, 5.74) is 2.04. The molecule has 0 aliphatic heterocycles. The van der Waals surface area contributed by atoms with Crippen LogP contribution in [0.25, 0.3) is 0 Å². The molecule has 0 bridgehead atoms. The van der Waals surface area contributed by atoms with Crippen LogP contribution in [0, 0.1) is 0 Å². The normalized spacial score (nSPS) is 10.4. The predicted molar refractivity (Wildman–Crippen MR) is 91.6 cm³/mol. The van der Waals surface area contributed by atoms with Crippen LogP contribution >= 0.6 is 35.0 Å². The predicted octanol–water partition coefficient (Wildman–Crippen LogP) is 5.29. The van der Waals surface area contributed by atoms with Gasteiger partial charge in [0, 0.05) is 10.6 Å². The van der Waals surface area contributed by atoms with Crippen molar-refractivity contribution in [1.82, 2.24) is 0 Å². The first kappa shape index (κ1) is 16.2. The molecule has 0 atom stereocenters. The number of halogens is 2. The number of thioether (sulfide) groups is 1. The van der Waals surface area contributed by atoms with E-state index in [0.717, 1.165) is 17.0 Å². The molecular formula is C16H15Cl2NOS. The van der Waals surface area contributed by atoms with E-state index in [9.17, 15) is 4.79 Å². The van der Waals surface area contributed by atoms with Gasteiger partial charge in [-0.15, -0.1) is 11.8 Å². The maximum absolute atomic E-state index is 11.9. The Morgan fingerprint density at radius 2 is 1.71 bits per heavy atom. The largest absolute Gasteiger partial charge is 0.325 e. The molecule has 0 radical (unpaired) electrons. The number of hydrogen-bond acceptors (Lipinski definition) is 2. The summed E-state index contributed by atoms with van der Waals surface area (Å²) in [5, 5.41) is 3.98. The van der Waals surface area contributed by atoms with Crippen LogP contribution in [0.5, 0.6) is 0 Å². The van der Waals surface area contributed by atoms with Gasteiger partial charge in [0.15, 0.2) is 0 Å². The molecule has 2 rings (SSSR count). The summed E-state index contributed by atoms with van der Waals surface area (Å²) in [6, 6.07) is 13.1. The zero-order valence-corrected chi connectivity index (χ0v) is 13.9. The number of amides is 1. The van der Waals surface area contributed by atoms with Crippen LogP contribution in [0.15, 0.2) is 47.4 Å². The highest BCUT2D eigenvalue weighted by Gasteiger charge is 2.09. The van der Waals surface area contributed by atoms with Crippen molar-refractivity contribution in [2.45, 2.75) is 18.2 Å². The minimum Gasteiger partial charge on any atom is -0.325 e. The summed E-state index contributed by atoms with van der Waals surface area (Å²) in [7, 11) is 0. The van der Waals surface area contributed by atoms with Gasteiger partial charge in [0.2, 0.25) is 5.91 Å². The van der Waals surface area contributed by atoms with Gasteiger partial charge >= 0.3 is 0 Å². The van der Waals surface area contributed by atoms with Gasteiger partial charge in [-0.1, -0.05) is 48.3 Å². The molecule has 0 fully saturated rings. The van der Waals surface area contributed by atoms with Crippen LogP contribution in [0.1, 0.15) is 12.5 Å². The number of hydrogen-bond donors (Lipinski definition) is 1. The molecule has 0 saturated carbocycles. The monoisotopic (exact) mass is 339 g/mol. The zero-order chi connectivity index (χ0) is 15.2. The summed E-state index contributed by atoms with van der Waals surface area (Å²) < 4.78 is 0. The molecule has 2 aromatic carbocycles. The van der Waals surface area contributed by atoms with Crippen LogP contribution in [0.4, 0.5) is 5.69 Å². The lowest BCUT2D eigenvalue weighted by atomic mass is 10.1. The quantitative estimate of drug-likeness (QED) is 0.750. The number of benzene rings is 2. The molecule has 2 nitrogen and oxygen atoms in total. The summed E-state index contributed by atoms with van der Waals surface area (Å²) in [6.45, 7) is 2.09. The van der Waals surface area contributed by atoms with E-state index >= 15 is 0 Å². The lowest BCUT2D eigenvalue weighted by molar-refractivity contribution is -0.113. The van der Waals surface area contributed by atoms with Crippen molar-refractivity contribution in [3.05, 3.63) is 58.1 Å². The Kier molecular flexibility index (Phi) is 5.97. The summed E-state index contributed by atoms with van der Waals surface area (Å²) >= 11 is 13.5. The maximum Gasteiger partial charge on any atom is 0.234 e. The fourth-order valence-electron chi connectivity index (χ4n) is 1.78. The smallest absolute Gasteiger partial charge is 0.234 e. The Morgan fingerprint density at radius 1 is 1.10 bits per heavy atom. The van der Waals surface area contributed by atoms with E-state index in [1.54, 1.807) is 18.2 Å². The number of carbonyl (C=O) groups is 1. The average molecular weight is 340 g/mol. The second kappa shape index (κ2) is 7.74. The minimum atomic E-state index is -0.0831. The molecule has 0 aliphatic rings. The van der Waals surface area contributed by atoms with Crippen molar-refractivity contribution in [3.63, 3.8) is 0 Å². The highest BCUT2D eigenvalue weighted by molar-refractivity contribution is 8.00. The second-order valence-electron chi connectivity index (χ2n) is 4.44. The SMILES string of the molecule is CCc1ccc(NC(=O)CSc2c(Cl)cccc2Cl)cc1. The van der Waals surface area contributed by atoms with Gasteiger partial charge in [-0.3, -0.25) is 4.79 Å². The first-order valence-corrected chi connectivity index (χ1v) is 8.30. The molecule has 0 aliphatic carbocycles. The van der Waals surface area contributed by atoms with E-state index in [1.807, 2.05) is 24.3 Å². The van der Waals surface area contributed by atoms with E-state index in [2.05, 4.69) is 12.2 Å². The molecule has 110 valence electrons. The molecule has 0 saturated heterocycles. The van der Waals surface area contributed by atoms with E-state index in [4.69, 9.17) is 23.2 Å². The second-order valence-corrected chi connectivity index (χ2v) is 6.24. The van der Waals surface area contributed by atoms with Gasteiger partial charge < -0.3 is 5.32 Å². The van der Waals surface area contributed by atoms with Crippen molar-refractivity contribution in [1.29, 1.82) is 0 Å². The molecule has 21 heavy (non-hydrogen) atoms. The fraction of sp³-hybridized carbons (Fsp3) is 0.188. The standard InChI is InChI=1S/C16H15Cl2NOS/c1-2-11-6-8-12(9-7-11)19-15(20)10-21-16-13(17)4-3-5-14(16)18/h3-9H,2,10H2,1H3,(H,19,20). The first-order valence-electron chi connectivity index (χ1n) is 6.55. The fourth-order valence-corrected chi connectivity index (χ4v) is 3.26. The van der Waals surface area contributed by atoms with Gasteiger partial charge in [0.05, 0.1) is 15.8 Å². The van der Waals surface area contributed by atoms with Crippen LogP contribution < -0.4 is 5.32 Å². The topological polar surface area (TPSA) is 29.1 Å². The molecule has 5 heteroatoms. The highest BCUT2D eigenvalue weighted by Crippen LogP contribution is 2.33. The zero-order valence-electron chi connectivity index (χ0n) is 11.5. The third kappa shape index (κ3) is 4.67. The molecule has 1 N–H and O–H groups in total. The Morgan fingerprint density at radius 3 is 2.29 bits per heavy atom. The molecular weight excluding hydrogens is 325 g/mol. The highest BCUT2D eigenvalue weighted by atomic mass is 35.5. The third-order valence-corrected chi connectivity index (χ3v) is 4.90. The summed E-state index contributed by atoms with van der Waals surface area (Å²) in [6.07, 6.45) is 0.981. The van der Waals surface area contributed by atoms with Crippen molar-refractivity contribution in [2.75, 3.05) is 11.1 Å². The first-order chi connectivity index (χ1) is 10.1. The Labute approximate surface area is 138 Å². The molecule has 0 spiro atoms. The number of aryl methyl sites for hydroxylation is 1. The number of rotatable bonds is 5. The van der Waals surface area contributed by atoms with Gasteiger partial charge in [0.1, 0.15) is 0 Å². The lowest BCUT2D eigenvalue weighted by Gasteiger charge is -2.08. The maximum atomic E-state index is 11.9. The number of anilines is 1. The van der Waals surface area contributed by atoms with Crippen LogP contribution in [0.3, 0.4) is 0 Å². The van der Waals surface area contributed by atoms with Gasteiger partial charge in [-0.05, 0) is 36.2 Å². The average Bonchev–Trinajstić information content (AvgIpc) is 2.47. The van der Waals surface area contributed by atoms with Crippen molar-refractivity contribution >= 4 is 46.6 Å². The Hall–Kier alpha value is -1.16. The van der Waals surface area contributed by atoms with E-state index in [0.29, 0.717) is 10.0 Å². The lowest BCUT2D eigenvalue weighted by Crippen LogP contribution is -2.14. The summed E-state index contributed by atoms with van der Waals surface area (Å²) in [4.78, 5) is 12.7. The van der Waals surface area contributed by atoms with Crippen molar-refractivity contribution in [2.24, 2.45) is 0 Å². The number of nitrogens with one attached hydrogen (secondary N) is 1. The van der Waals surface area contributed by atoms with Crippen molar-refractivity contribution < 1.29 is 4.79 Å². The number of carbonyl (C=O) groups excluding carboxylic acids is 1. The molecule has 2 aromatic rings. The molecule has 1 amide bonds. The molecule has 0 unspecified atom stereocenters. The molecule has 0 aromatic heterocycles. The van der Waals surface area contributed by atoms with Crippen molar-refractivity contribution in [3.8, 4) is 0 Å². The van der Waals surface area contributed by atoms with Crippen LogP contribution in [0.2, 0.25) is 10.0 Å². The van der Waals surface area contributed by atoms with E-state index in [-0.39, 0.29) is 11.7 Å². The van der Waals surface area contributed by atoms with E-state index in [1.165, 1.54) is 17.3 Å². The Balaban J connectivity index is 1.92. The van der Waals surface area contributed by atoms with E-state index < -0.39 is 0 Å². The van der Waals surface area contributed by atoms with Gasteiger partial charge in [0.25, 0.3) is 0 Å². The molecule has 0 heterocycles. The summed E-state index contributed by atoms with van der Waals surface area (Å²) in [5.74, 6) is 0.180. The third-order valence-electron chi connectivity index (χ3n) is 2.91. The van der Waals surface area contributed by atoms with Gasteiger partial charge in [-0.25, -0.2) is 0 Å². The Bertz CT molecular complexity index is 608. The van der Waals surface area contributed by atoms with Crippen LogP contribution in [-0.2, 0) is 11.2 Å². The van der Waals surface area contributed by atoms with Crippen LogP contribution in [-0.4, -0.2) is 11.7 Å². The minimum absolute atomic E-state index is 0.0831. The van der Waals surface area contributed by atoms with Gasteiger partial charge in [-0.2, -0.15) is 0 Å².